The van der Waals surface area contributed by atoms with E-state index >= 15 is 0 Å². The van der Waals surface area contributed by atoms with Crippen LogP contribution in [0.5, 0.6) is 0 Å². The highest BCUT2D eigenvalue weighted by Crippen LogP contribution is 2.68. The summed E-state index contributed by atoms with van der Waals surface area (Å²) in [4.78, 5) is 3.92. The van der Waals surface area contributed by atoms with Crippen LogP contribution in [0.25, 0.3) is 54.2 Å². The predicted octanol–water partition coefficient (Wildman–Crippen LogP) is 13.5. The summed E-state index contributed by atoms with van der Waals surface area (Å²) >= 11 is 1.96. The Hall–Kier alpha value is -6.22. The van der Waals surface area contributed by atoms with Gasteiger partial charge in [0, 0.05) is 37.5 Å². The normalized spacial score (nSPS) is 13.3. The predicted molar refractivity (Wildman–Crippen MR) is 216 cm³/mol. The molecule has 0 saturated carbocycles. The number of hydrogen-bond acceptors (Lipinski definition) is 2. The second-order valence-electron chi connectivity index (χ2n) is 13.6. The first-order chi connectivity index (χ1) is 25.3. The SMILES string of the molecule is c1ccc(-c2ccc(N(c3ccc4ccccc4c3)c3cccc4c3C3(c5ccccc5-c5ccccc53)c3sc5ccccc5c3-4)cc2)cc1. The van der Waals surface area contributed by atoms with E-state index < -0.39 is 5.41 Å². The summed E-state index contributed by atoms with van der Waals surface area (Å²) in [6.07, 6.45) is 0. The first-order valence-electron chi connectivity index (χ1n) is 17.6. The molecular formula is C49H31NS. The summed E-state index contributed by atoms with van der Waals surface area (Å²) in [5.74, 6) is 0. The lowest BCUT2D eigenvalue weighted by Crippen LogP contribution is -2.27. The van der Waals surface area contributed by atoms with Crippen LogP contribution >= 0.6 is 11.3 Å². The van der Waals surface area contributed by atoms with Gasteiger partial charge in [0.05, 0.1) is 11.1 Å². The van der Waals surface area contributed by atoms with Crippen molar-refractivity contribution in [1.82, 2.24) is 0 Å². The van der Waals surface area contributed by atoms with Gasteiger partial charge in [0.15, 0.2) is 0 Å². The van der Waals surface area contributed by atoms with Crippen molar-refractivity contribution in [3.63, 3.8) is 0 Å². The van der Waals surface area contributed by atoms with Crippen LogP contribution in [0.15, 0.2) is 188 Å². The third-order valence-corrected chi connectivity index (χ3v) is 12.3. The molecule has 1 nitrogen and oxygen atoms in total. The molecule has 0 fully saturated rings. The fourth-order valence-electron chi connectivity index (χ4n) is 8.94. The average Bonchev–Trinajstić information content (AvgIpc) is 3.83. The van der Waals surface area contributed by atoms with E-state index in [1.807, 2.05) is 11.3 Å². The van der Waals surface area contributed by atoms with Crippen molar-refractivity contribution in [2.75, 3.05) is 4.90 Å². The molecule has 238 valence electrons. The molecule has 0 N–H and O–H groups in total. The maximum absolute atomic E-state index is 2.50. The van der Waals surface area contributed by atoms with Gasteiger partial charge in [-0.1, -0.05) is 152 Å². The lowest BCUT2D eigenvalue weighted by atomic mass is 9.73. The zero-order valence-corrected chi connectivity index (χ0v) is 28.6. The molecule has 2 aliphatic rings. The van der Waals surface area contributed by atoms with Gasteiger partial charge in [-0.25, -0.2) is 0 Å². The Morgan fingerprint density at radius 2 is 1.04 bits per heavy atom. The van der Waals surface area contributed by atoms with Crippen LogP contribution in [0.4, 0.5) is 17.1 Å². The van der Waals surface area contributed by atoms with Crippen LogP contribution in [0.2, 0.25) is 0 Å². The molecule has 0 saturated heterocycles. The van der Waals surface area contributed by atoms with Crippen molar-refractivity contribution in [3.8, 4) is 33.4 Å². The van der Waals surface area contributed by atoms with Crippen LogP contribution in [0, 0.1) is 0 Å². The van der Waals surface area contributed by atoms with E-state index in [0.29, 0.717) is 0 Å². The summed E-state index contributed by atoms with van der Waals surface area (Å²) in [5.41, 5.74) is 14.9. The van der Waals surface area contributed by atoms with Crippen LogP contribution in [0.3, 0.4) is 0 Å². The van der Waals surface area contributed by atoms with E-state index in [2.05, 4.69) is 193 Å². The standard InChI is InChI=1S/C49H31NS/c1-2-13-32(14-3-1)34-25-28-36(29-26-34)50(37-30-27-33-15-4-5-16-35(33)31-37)44-23-12-20-41-46-40-19-8-11-24-45(40)51-48(46)49(47(41)44)42-21-9-6-17-38(42)39-18-7-10-22-43(39)49/h1-31H. The molecule has 51 heavy (non-hydrogen) atoms. The Kier molecular flexibility index (Phi) is 6.11. The topological polar surface area (TPSA) is 3.24 Å². The van der Waals surface area contributed by atoms with Crippen LogP contribution < -0.4 is 4.90 Å². The first-order valence-corrected chi connectivity index (χ1v) is 18.4. The number of thiophene rings is 1. The molecule has 2 aliphatic carbocycles. The molecule has 11 rings (SSSR count). The quantitative estimate of drug-likeness (QED) is 0.181. The molecule has 0 bridgehead atoms. The second kappa shape index (κ2) is 10.9. The fraction of sp³-hybridized carbons (Fsp3) is 0.0204. The molecule has 8 aromatic carbocycles. The van der Waals surface area contributed by atoms with Gasteiger partial charge in [-0.05, 0) is 86.1 Å². The Morgan fingerprint density at radius 1 is 0.431 bits per heavy atom. The van der Waals surface area contributed by atoms with E-state index in [-0.39, 0.29) is 0 Å². The summed E-state index contributed by atoms with van der Waals surface area (Å²) in [5, 5.41) is 3.80. The second-order valence-corrected chi connectivity index (χ2v) is 14.7. The van der Waals surface area contributed by atoms with E-state index in [9.17, 15) is 0 Å². The largest absolute Gasteiger partial charge is 0.310 e. The van der Waals surface area contributed by atoms with Crippen LogP contribution in [0.1, 0.15) is 21.6 Å². The highest BCUT2D eigenvalue weighted by Gasteiger charge is 2.55. The number of nitrogens with zero attached hydrogens (tertiary/aromatic N) is 1. The van der Waals surface area contributed by atoms with Gasteiger partial charge in [-0.2, -0.15) is 0 Å². The summed E-state index contributed by atoms with van der Waals surface area (Å²) in [6.45, 7) is 0. The molecule has 0 atom stereocenters. The number of fused-ring (bicyclic) bond motifs is 13. The average molecular weight is 666 g/mol. The minimum Gasteiger partial charge on any atom is -0.310 e. The highest BCUT2D eigenvalue weighted by molar-refractivity contribution is 7.20. The molecule has 9 aromatic rings. The van der Waals surface area contributed by atoms with E-state index in [1.54, 1.807) is 0 Å². The van der Waals surface area contributed by atoms with Crippen molar-refractivity contribution in [2.45, 2.75) is 5.41 Å². The fourth-order valence-corrected chi connectivity index (χ4v) is 10.4. The third-order valence-electron chi connectivity index (χ3n) is 11.0. The highest BCUT2D eigenvalue weighted by atomic mass is 32.1. The summed E-state index contributed by atoms with van der Waals surface area (Å²) in [6, 6.07) is 69.5. The number of anilines is 3. The molecule has 0 unspecified atom stereocenters. The van der Waals surface area contributed by atoms with E-state index in [0.717, 1.165) is 11.4 Å². The van der Waals surface area contributed by atoms with E-state index in [4.69, 9.17) is 0 Å². The number of hydrogen-bond donors (Lipinski definition) is 0. The molecule has 2 heteroatoms. The van der Waals surface area contributed by atoms with Gasteiger partial charge in [0.2, 0.25) is 0 Å². The van der Waals surface area contributed by atoms with Gasteiger partial charge in [-0.15, -0.1) is 11.3 Å². The van der Waals surface area contributed by atoms with Crippen molar-refractivity contribution in [1.29, 1.82) is 0 Å². The van der Waals surface area contributed by atoms with Gasteiger partial charge in [0.25, 0.3) is 0 Å². The molecule has 0 radical (unpaired) electrons. The molecule has 1 aromatic heterocycles. The zero-order chi connectivity index (χ0) is 33.5. The molecule has 0 aliphatic heterocycles. The Bertz CT molecular complexity index is 2760. The van der Waals surface area contributed by atoms with Gasteiger partial charge < -0.3 is 4.90 Å². The third kappa shape index (κ3) is 3.97. The summed E-state index contributed by atoms with van der Waals surface area (Å²) < 4.78 is 1.34. The van der Waals surface area contributed by atoms with Gasteiger partial charge >= 0.3 is 0 Å². The zero-order valence-electron chi connectivity index (χ0n) is 27.8. The first kappa shape index (κ1) is 28.6. The lowest BCUT2D eigenvalue weighted by Gasteiger charge is -2.35. The number of benzene rings is 8. The van der Waals surface area contributed by atoms with Crippen molar-refractivity contribution in [3.05, 3.63) is 210 Å². The molecule has 1 spiro atoms. The van der Waals surface area contributed by atoms with Gasteiger partial charge in [-0.3, -0.25) is 0 Å². The Balaban J connectivity index is 1.25. The number of rotatable bonds is 4. The van der Waals surface area contributed by atoms with Crippen molar-refractivity contribution >= 4 is 49.3 Å². The van der Waals surface area contributed by atoms with E-state index in [1.165, 1.54) is 81.5 Å². The van der Waals surface area contributed by atoms with Crippen molar-refractivity contribution in [2.24, 2.45) is 0 Å². The molecular weight excluding hydrogens is 635 g/mol. The smallest absolute Gasteiger partial charge is 0.0839 e. The maximum Gasteiger partial charge on any atom is 0.0839 e. The Morgan fingerprint density at radius 3 is 1.82 bits per heavy atom. The Labute approximate surface area is 301 Å². The minimum atomic E-state index is -0.461. The monoisotopic (exact) mass is 665 g/mol. The van der Waals surface area contributed by atoms with Crippen LogP contribution in [-0.4, -0.2) is 0 Å². The maximum atomic E-state index is 2.50. The lowest BCUT2D eigenvalue weighted by molar-refractivity contribution is 0.810. The van der Waals surface area contributed by atoms with Crippen LogP contribution in [-0.2, 0) is 5.41 Å². The minimum absolute atomic E-state index is 0.461. The summed E-state index contributed by atoms with van der Waals surface area (Å²) in [7, 11) is 0. The van der Waals surface area contributed by atoms with Gasteiger partial charge in [0.1, 0.15) is 0 Å². The molecule has 1 heterocycles. The molecule has 0 amide bonds. The van der Waals surface area contributed by atoms with Crippen molar-refractivity contribution < 1.29 is 0 Å².